The Morgan fingerprint density at radius 2 is 1.79 bits per heavy atom. The molecule has 4 atom stereocenters. The molecule has 0 amide bonds. The summed E-state index contributed by atoms with van der Waals surface area (Å²) in [6, 6.07) is 10.1. The van der Waals surface area contributed by atoms with Crippen LogP contribution in [0.5, 0.6) is 5.75 Å². The molecule has 28 heavy (non-hydrogen) atoms. The van der Waals surface area contributed by atoms with Crippen molar-refractivity contribution in [2.75, 3.05) is 32.2 Å². The number of fused-ring (bicyclic) bond motifs is 1. The van der Waals surface area contributed by atoms with Crippen molar-refractivity contribution in [3.63, 3.8) is 0 Å². The number of hydrogen-bond acceptors (Lipinski definition) is 7. The molecule has 0 spiro atoms. The molecule has 4 unspecified atom stereocenters. The van der Waals surface area contributed by atoms with Crippen molar-refractivity contribution in [1.82, 2.24) is 15.3 Å². The molecular formula is C21H26N4O3. The van der Waals surface area contributed by atoms with Crippen LogP contribution in [0, 0.1) is 5.92 Å². The molecular weight excluding hydrogens is 356 g/mol. The Morgan fingerprint density at radius 1 is 1.04 bits per heavy atom. The van der Waals surface area contributed by atoms with E-state index in [4.69, 9.17) is 14.2 Å². The molecule has 2 aromatic rings. The van der Waals surface area contributed by atoms with Crippen LogP contribution >= 0.6 is 0 Å². The van der Waals surface area contributed by atoms with Crippen LogP contribution in [0.1, 0.15) is 12.8 Å². The summed E-state index contributed by atoms with van der Waals surface area (Å²) in [4.78, 5) is 9.06. The molecule has 7 nitrogen and oxygen atoms in total. The minimum atomic E-state index is 0.0324. The molecule has 0 radical (unpaired) electrons. The van der Waals surface area contributed by atoms with E-state index in [9.17, 15) is 0 Å². The topological polar surface area (TPSA) is 77.5 Å². The van der Waals surface area contributed by atoms with Gasteiger partial charge in [-0.1, -0.05) is 0 Å². The predicted octanol–water partition coefficient (Wildman–Crippen LogP) is 2.10. The normalized spacial score (nSPS) is 28.9. The summed E-state index contributed by atoms with van der Waals surface area (Å²) in [6.07, 6.45) is 4.60. The monoisotopic (exact) mass is 382 g/mol. The van der Waals surface area contributed by atoms with Gasteiger partial charge in [-0.2, -0.15) is 0 Å². The summed E-state index contributed by atoms with van der Waals surface area (Å²) in [5.74, 6) is 2.28. The lowest BCUT2D eigenvalue weighted by atomic mass is 10.1. The first-order valence-electron chi connectivity index (χ1n) is 10.0. The first kappa shape index (κ1) is 17.8. The van der Waals surface area contributed by atoms with E-state index in [2.05, 4.69) is 20.6 Å². The smallest absolute Gasteiger partial charge is 0.223 e. The number of nitrogens with one attached hydrogen (secondary N) is 2. The van der Waals surface area contributed by atoms with Gasteiger partial charge in [-0.25, -0.2) is 9.97 Å². The van der Waals surface area contributed by atoms with Gasteiger partial charge in [0.15, 0.2) is 0 Å². The quantitative estimate of drug-likeness (QED) is 0.759. The van der Waals surface area contributed by atoms with E-state index >= 15 is 0 Å². The first-order chi connectivity index (χ1) is 13.8. The van der Waals surface area contributed by atoms with Gasteiger partial charge in [0.2, 0.25) is 5.95 Å². The van der Waals surface area contributed by atoms with Gasteiger partial charge in [-0.05, 0) is 55.6 Å². The third-order valence-electron chi connectivity index (χ3n) is 5.77. The fraction of sp³-hybridized carbons (Fsp3) is 0.524. The number of methoxy groups -OCH3 is 1. The molecule has 3 fully saturated rings. The van der Waals surface area contributed by atoms with Crippen molar-refractivity contribution in [1.29, 1.82) is 0 Å². The fourth-order valence-corrected chi connectivity index (χ4v) is 3.95. The molecule has 7 heteroatoms. The molecule has 0 bridgehead atoms. The second-order valence-electron chi connectivity index (χ2n) is 7.80. The van der Waals surface area contributed by atoms with Crippen molar-refractivity contribution in [2.45, 2.75) is 37.1 Å². The second kappa shape index (κ2) is 7.66. The van der Waals surface area contributed by atoms with Crippen molar-refractivity contribution < 1.29 is 14.2 Å². The summed E-state index contributed by atoms with van der Waals surface area (Å²) in [7, 11) is 1.66. The SMILES string of the molecule is COc1ccc(-c2ccnc(NC3COC4C(NCC5CC5)COC34)n2)cc1. The summed E-state index contributed by atoms with van der Waals surface area (Å²) in [6.45, 7) is 2.38. The van der Waals surface area contributed by atoms with Gasteiger partial charge in [0.05, 0.1) is 38.1 Å². The third kappa shape index (κ3) is 3.70. The fourth-order valence-electron chi connectivity index (χ4n) is 3.95. The van der Waals surface area contributed by atoms with Crippen molar-refractivity contribution in [3.8, 4) is 17.0 Å². The van der Waals surface area contributed by atoms with Crippen LogP contribution in [-0.2, 0) is 9.47 Å². The van der Waals surface area contributed by atoms with E-state index in [1.807, 2.05) is 30.3 Å². The molecule has 1 saturated carbocycles. The molecule has 148 valence electrons. The largest absolute Gasteiger partial charge is 0.497 e. The van der Waals surface area contributed by atoms with Crippen LogP contribution in [0.15, 0.2) is 36.5 Å². The highest BCUT2D eigenvalue weighted by Crippen LogP contribution is 2.31. The van der Waals surface area contributed by atoms with Crippen LogP contribution in [0.25, 0.3) is 11.3 Å². The highest BCUT2D eigenvalue weighted by Gasteiger charge is 2.48. The van der Waals surface area contributed by atoms with E-state index in [1.54, 1.807) is 13.3 Å². The molecule has 1 aromatic carbocycles. The van der Waals surface area contributed by atoms with Crippen LogP contribution in [0.3, 0.4) is 0 Å². The molecule has 2 aliphatic heterocycles. The Labute approximate surface area is 164 Å². The van der Waals surface area contributed by atoms with Crippen molar-refractivity contribution in [2.24, 2.45) is 5.92 Å². The van der Waals surface area contributed by atoms with Crippen molar-refractivity contribution >= 4 is 5.95 Å². The second-order valence-corrected chi connectivity index (χ2v) is 7.80. The maximum Gasteiger partial charge on any atom is 0.223 e. The average Bonchev–Trinajstić information content (AvgIpc) is 3.36. The predicted molar refractivity (Wildman–Crippen MR) is 105 cm³/mol. The van der Waals surface area contributed by atoms with Gasteiger partial charge in [-0.3, -0.25) is 0 Å². The van der Waals surface area contributed by atoms with E-state index in [0.717, 1.165) is 29.5 Å². The minimum Gasteiger partial charge on any atom is -0.497 e. The molecule has 2 N–H and O–H groups in total. The number of benzene rings is 1. The summed E-state index contributed by atoms with van der Waals surface area (Å²) in [5.41, 5.74) is 1.89. The van der Waals surface area contributed by atoms with E-state index in [-0.39, 0.29) is 24.3 Å². The highest BCUT2D eigenvalue weighted by molar-refractivity contribution is 5.61. The zero-order chi connectivity index (χ0) is 18.9. The Balaban J connectivity index is 1.24. The minimum absolute atomic E-state index is 0.0324. The lowest BCUT2D eigenvalue weighted by molar-refractivity contribution is 0.0675. The Morgan fingerprint density at radius 3 is 2.54 bits per heavy atom. The number of nitrogens with zero attached hydrogens (tertiary/aromatic N) is 2. The van der Waals surface area contributed by atoms with Gasteiger partial charge in [-0.15, -0.1) is 0 Å². The number of hydrogen-bond donors (Lipinski definition) is 2. The number of ether oxygens (including phenoxy) is 3. The van der Waals surface area contributed by atoms with Gasteiger partial charge in [0.25, 0.3) is 0 Å². The van der Waals surface area contributed by atoms with E-state index in [0.29, 0.717) is 19.2 Å². The van der Waals surface area contributed by atoms with Crippen LogP contribution in [-0.4, -0.2) is 61.1 Å². The average molecular weight is 382 g/mol. The summed E-state index contributed by atoms with van der Waals surface area (Å²) < 4.78 is 17.3. The maximum absolute atomic E-state index is 6.05. The molecule has 1 aliphatic carbocycles. The standard InChI is InChI=1S/C21H26N4O3/c1-26-15-6-4-14(5-7-15)16-8-9-22-21(24-16)25-18-12-28-19-17(11-27-20(18)19)23-10-13-2-3-13/h4-9,13,17-20,23H,2-3,10-12H2,1H3,(H,22,24,25). The Bertz CT molecular complexity index is 812. The summed E-state index contributed by atoms with van der Waals surface area (Å²) in [5, 5.41) is 7.04. The molecule has 5 rings (SSSR count). The molecule has 3 heterocycles. The summed E-state index contributed by atoms with van der Waals surface area (Å²) >= 11 is 0. The van der Waals surface area contributed by atoms with Gasteiger partial charge in [0, 0.05) is 11.8 Å². The lowest BCUT2D eigenvalue weighted by Crippen LogP contribution is -2.42. The zero-order valence-corrected chi connectivity index (χ0v) is 16.0. The maximum atomic E-state index is 6.05. The van der Waals surface area contributed by atoms with Crippen LogP contribution < -0.4 is 15.4 Å². The number of anilines is 1. The number of aromatic nitrogens is 2. The Kier molecular flexibility index (Phi) is 4.88. The van der Waals surface area contributed by atoms with Gasteiger partial charge in [0.1, 0.15) is 18.0 Å². The highest BCUT2D eigenvalue weighted by atomic mass is 16.6. The molecule has 1 aromatic heterocycles. The van der Waals surface area contributed by atoms with Gasteiger partial charge >= 0.3 is 0 Å². The van der Waals surface area contributed by atoms with Gasteiger partial charge < -0.3 is 24.8 Å². The third-order valence-corrected chi connectivity index (χ3v) is 5.77. The van der Waals surface area contributed by atoms with E-state index in [1.165, 1.54) is 12.8 Å². The van der Waals surface area contributed by atoms with Crippen LogP contribution in [0.2, 0.25) is 0 Å². The van der Waals surface area contributed by atoms with E-state index < -0.39 is 0 Å². The number of rotatable bonds is 7. The lowest BCUT2D eigenvalue weighted by Gasteiger charge is -2.18. The van der Waals surface area contributed by atoms with Crippen LogP contribution in [0.4, 0.5) is 5.95 Å². The Hall–Kier alpha value is -2.22. The zero-order valence-electron chi connectivity index (χ0n) is 16.0. The molecule has 2 saturated heterocycles. The molecule has 3 aliphatic rings. The first-order valence-corrected chi connectivity index (χ1v) is 10.0. The van der Waals surface area contributed by atoms with Crippen molar-refractivity contribution in [3.05, 3.63) is 36.5 Å².